The second kappa shape index (κ2) is 8.19. The molecule has 1 aromatic carbocycles. The minimum Gasteiger partial charge on any atom is -0.497 e. The number of hydrogen-bond donors (Lipinski definition) is 4. The Labute approximate surface area is 124 Å². The lowest BCUT2D eigenvalue weighted by Crippen LogP contribution is -2.49. The number of carbonyl (C=O) groups is 1. The lowest BCUT2D eigenvalue weighted by atomic mass is 9.75. The number of rotatable bonds is 7. The third kappa shape index (κ3) is 5.07. The maximum absolute atomic E-state index is 11.8. The number of benzene rings is 1. The second-order valence-electron chi connectivity index (χ2n) is 4.66. The van der Waals surface area contributed by atoms with E-state index in [9.17, 15) is 14.8 Å². The smallest absolute Gasteiger partial charge is 0.475 e. The molecule has 0 saturated carbocycles. The molecule has 1 amide bonds. The summed E-state index contributed by atoms with van der Waals surface area (Å²) in [6.45, 7) is 1.73. The predicted molar refractivity (Wildman–Crippen MR) is 81.8 cm³/mol. The van der Waals surface area contributed by atoms with Crippen LogP contribution < -0.4 is 10.1 Å². The van der Waals surface area contributed by atoms with Gasteiger partial charge in [-0.3, -0.25) is 4.79 Å². The van der Waals surface area contributed by atoms with Gasteiger partial charge in [-0.05, 0) is 24.1 Å². The molecule has 1 rings (SSSR count). The Balaban J connectivity index is 2.69. The quantitative estimate of drug-likeness (QED) is 0.431. The van der Waals surface area contributed by atoms with E-state index in [2.05, 4.69) is 17.9 Å². The SMILES string of the molecule is COc1ccc(C[C@@H](NC(=O)[C@H](C)CS)B(O)O)cc1. The van der Waals surface area contributed by atoms with Crippen LogP contribution >= 0.6 is 12.6 Å². The van der Waals surface area contributed by atoms with Crippen LogP contribution in [0.3, 0.4) is 0 Å². The van der Waals surface area contributed by atoms with Crippen LogP contribution in [-0.4, -0.2) is 41.9 Å². The van der Waals surface area contributed by atoms with E-state index in [1.54, 1.807) is 26.2 Å². The molecule has 0 radical (unpaired) electrons. The van der Waals surface area contributed by atoms with Crippen LogP contribution in [0, 0.1) is 5.92 Å². The maximum Gasteiger partial charge on any atom is 0.475 e. The van der Waals surface area contributed by atoms with Gasteiger partial charge in [0.25, 0.3) is 0 Å². The first-order valence-electron chi connectivity index (χ1n) is 6.38. The molecule has 5 nitrogen and oxygen atoms in total. The Bertz CT molecular complexity index is 427. The normalized spacial score (nSPS) is 13.4. The third-order valence-corrected chi connectivity index (χ3v) is 3.57. The van der Waals surface area contributed by atoms with Gasteiger partial charge >= 0.3 is 7.12 Å². The molecule has 7 heteroatoms. The van der Waals surface area contributed by atoms with Crippen molar-refractivity contribution in [3.63, 3.8) is 0 Å². The lowest BCUT2D eigenvalue weighted by Gasteiger charge is -2.20. The first-order chi connectivity index (χ1) is 9.47. The highest BCUT2D eigenvalue weighted by Crippen LogP contribution is 2.13. The number of carbonyl (C=O) groups excluding carboxylic acids is 1. The zero-order chi connectivity index (χ0) is 15.1. The highest BCUT2D eigenvalue weighted by Gasteiger charge is 2.26. The highest BCUT2D eigenvalue weighted by atomic mass is 32.1. The van der Waals surface area contributed by atoms with Gasteiger partial charge in [0.15, 0.2) is 0 Å². The van der Waals surface area contributed by atoms with Crippen LogP contribution in [0.25, 0.3) is 0 Å². The van der Waals surface area contributed by atoms with E-state index in [0.29, 0.717) is 12.2 Å². The Morgan fingerprint density at radius 1 is 1.40 bits per heavy atom. The van der Waals surface area contributed by atoms with E-state index in [0.717, 1.165) is 11.3 Å². The van der Waals surface area contributed by atoms with E-state index in [1.165, 1.54) is 0 Å². The number of thiol groups is 1. The summed E-state index contributed by atoms with van der Waals surface area (Å²) >= 11 is 4.05. The third-order valence-electron chi connectivity index (χ3n) is 3.02. The number of hydrogen-bond acceptors (Lipinski definition) is 5. The van der Waals surface area contributed by atoms with Gasteiger partial charge in [0, 0.05) is 11.7 Å². The van der Waals surface area contributed by atoms with Crippen molar-refractivity contribution in [1.82, 2.24) is 5.32 Å². The molecule has 0 aliphatic rings. The summed E-state index contributed by atoms with van der Waals surface area (Å²) in [5.74, 6) is -0.148. The van der Waals surface area contributed by atoms with E-state index in [-0.39, 0.29) is 11.8 Å². The molecular weight excluding hydrogens is 277 g/mol. The van der Waals surface area contributed by atoms with Crippen molar-refractivity contribution in [2.75, 3.05) is 12.9 Å². The fraction of sp³-hybridized carbons (Fsp3) is 0.462. The molecule has 0 aliphatic heterocycles. The Morgan fingerprint density at radius 3 is 2.45 bits per heavy atom. The van der Waals surface area contributed by atoms with Crippen molar-refractivity contribution in [3.8, 4) is 5.75 Å². The molecule has 3 N–H and O–H groups in total. The van der Waals surface area contributed by atoms with E-state index < -0.39 is 13.1 Å². The topological polar surface area (TPSA) is 78.8 Å². The summed E-state index contributed by atoms with van der Waals surface area (Å²) < 4.78 is 5.06. The van der Waals surface area contributed by atoms with Crippen molar-refractivity contribution >= 4 is 25.7 Å². The molecule has 1 aromatic rings. The summed E-state index contributed by atoms with van der Waals surface area (Å²) in [6.07, 6.45) is 0.326. The number of ether oxygens (including phenoxy) is 1. The molecule has 110 valence electrons. The predicted octanol–water partition coefficient (Wildman–Crippen LogP) is 0.300. The van der Waals surface area contributed by atoms with Crippen molar-refractivity contribution in [3.05, 3.63) is 29.8 Å². The second-order valence-corrected chi connectivity index (χ2v) is 5.03. The van der Waals surface area contributed by atoms with Gasteiger partial charge in [0.1, 0.15) is 5.75 Å². The minimum absolute atomic E-state index is 0.244. The monoisotopic (exact) mass is 297 g/mol. The van der Waals surface area contributed by atoms with Gasteiger partial charge in [-0.2, -0.15) is 12.6 Å². The van der Waals surface area contributed by atoms with Gasteiger partial charge in [-0.1, -0.05) is 19.1 Å². The molecule has 0 unspecified atom stereocenters. The highest BCUT2D eigenvalue weighted by molar-refractivity contribution is 7.80. The van der Waals surface area contributed by atoms with Crippen LogP contribution in [0.5, 0.6) is 5.75 Å². The molecular formula is C13H20BNO4S. The zero-order valence-electron chi connectivity index (χ0n) is 11.6. The largest absolute Gasteiger partial charge is 0.497 e. The number of methoxy groups -OCH3 is 1. The molecule has 0 heterocycles. The molecule has 0 spiro atoms. The van der Waals surface area contributed by atoms with Gasteiger partial charge in [0.05, 0.1) is 13.1 Å². The van der Waals surface area contributed by atoms with Crippen LogP contribution in [0.4, 0.5) is 0 Å². The average Bonchev–Trinajstić information content (AvgIpc) is 2.46. The minimum atomic E-state index is -1.62. The van der Waals surface area contributed by atoms with Crippen LogP contribution in [0.2, 0.25) is 0 Å². The molecule has 2 atom stereocenters. The first kappa shape index (κ1) is 16.9. The fourth-order valence-corrected chi connectivity index (χ4v) is 1.82. The van der Waals surface area contributed by atoms with Crippen LogP contribution in [0.1, 0.15) is 12.5 Å². The summed E-state index contributed by atoms with van der Waals surface area (Å²) in [4.78, 5) is 11.8. The van der Waals surface area contributed by atoms with E-state index in [1.807, 2.05) is 12.1 Å². The molecule has 0 aliphatic carbocycles. The van der Waals surface area contributed by atoms with Crippen molar-refractivity contribution in [1.29, 1.82) is 0 Å². The lowest BCUT2D eigenvalue weighted by molar-refractivity contribution is -0.124. The fourth-order valence-electron chi connectivity index (χ4n) is 1.65. The average molecular weight is 297 g/mol. The molecule has 0 fully saturated rings. The molecule has 20 heavy (non-hydrogen) atoms. The Kier molecular flexibility index (Phi) is 6.91. The van der Waals surface area contributed by atoms with E-state index in [4.69, 9.17) is 4.74 Å². The van der Waals surface area contributed by atoms with Gasteiger partial charge in [0.2, 0.25) is 5.91 Å². The summed E-state index contributed by atoms with van der Waals surface area (Å²) in [7, 11) is -0.0397. The number of nitrogens with one attached hydrogen (secondary N) is 1. The maximum atomic E-state index is 11.8. The molecule has 0 aromatic heterocycles. The van der Waals surface area contributed by atoms with Crippen LogP contribution in [0.15, 0.2) is 24.3 Å². The summed E-state index contributed by atoms with van der Waals surface area (Å²) in [5.41, 5.74) is 0.878. The molecule has 0 saturated heterocycles. The first-order valence-corrected chi connectivity index (χ1v) is 7.01. The zero-order valence-corrected chi connectivity index (χ0v) is 12.5. The number of amides is 1. The molecule has 0 bridgehead atoms. The summed E-state index contributed by atoms with van der Waals surface area (Å²) in [6, 6.07) is 7.22. The summed E-state index contributed by atoms with van der Waals surface area (Å²) in [5, 5.41) is 21.4. The van der Waals surface area contributed by atoms with Gasteiger partial charge < -0.3 is 20.1 Å². The Morgan fingerprint density at radius 2 is 2.00 bits per heavy atom. The van der Waals surface area contributed by atoms with Gasteiger partial charge in [-0.15, -0.1) is 0 Å². The Hall–Kier alpha value is -1.18. The van der Waals surface area contributed by atoms with Crippen molar-refractivity contribution in [2.45, 2.75) is 19.3 Å². The van der Waals surface area contributed by atoms with E-state index >= 15 is 0 Å². The van der Waals surface area contributed by atoms with Crippen LogP contribution in [-0.2, 0) is 11.2 Å². The van der Waals surface area contributed by atoms with Crippen molar-refractivity contribution < 1.29 is 19.6 Å². The van der Waals surface area contributed by atoms with Gasteiger partial charge in [-0.25, -0.2) is 0 Å². The van der Waals surface area contributed by atoms with Crippen molar-refractivity contribution in [2.24, 2.45) is 5.92 Å². The standard InChI is InChI=1S/C13H20BNO4S/c1-9(8-20)13(16)15-12(14(17)18)7-10-3-5-11(19-2)6-4-10/h3-6,9,12,17-18,20H,7-8H2,1-2H3,(H,15,16)/t9-,12-/m1/s1.